The van der Waals surface area contributed by atoms with E-state index in [1.807, 2.05) is 33.1 Å². The van der Waals surface area contributed by atoms with E-state index in [9.17, 15) is 19.2 Å². The highest BCUT2D eigenvalue weighted by molar-refractivity contribution is 7.07. The molecule has 2 fully saturated rings. The molecular formula is C31H45N5O7S. The number of carbonyl (C=O) groups excluding carboxylic acids is 4. The average molecular weight is 632 g/mol. The summed E-state index contributed by atoms with van der Waals surface area (Å²) in [6, 6.07) is 0.0309. The maximum Gasteiger partial charge on any atom is 0.274 e. The van der Waals surface area contributed by atoms with E-state index in [1.54, 1.807) is 18.5 Å². The van der Waals surface area contributed by atoms with Gasteiger partial charge in [0, 0.05) is 37.4 Å². The molecule has 2 aromatic rings. The van der Waals surface area contributed by atoms with Gasteiger partial charge in [-0.2, -0.15) is 0 Å². The molecule has 2 amide bonds. The molecule has 4 atom stereocenters. The normalized spacial score (nSPS) is 20.7. The Balaban J connectivity index is 1.45. The fourth-order valence-electron chi connectivity index (χ4n) is 5.29. The van der Waals surface area contributed by atoms with Crippen molar-refractivity contribution < 1.29 is 33.2 Å². The highest BCUT2D eigenvalue weighted by atomic mass is 32.1. The lowest BCUT2D eigenvalue weighted by atomic mass is 9.89. The molecular weight excluding hydrogens is 586 g/mol. The van der Waals surface area contributed by atoms with Gasteiger partial charge in [-0.15, -0.1) is 11.3 Å². The second kappa shape index (κ2) is 15.3. The third kappa shape index (κ3) is 9.75. The van der Waals surface area contributed by atoms with Crippen molar-refractivity contribution in [1.82, 2.24) is 25.7 Å². The van der Waals surface area contributed by atoms with Crippen LogP contribution in [0.1, 0.15) is 75.8 Å². The molecule has 2 saturated heterocycles. The summed E-state index contributed by atoms with van der Waals surface area (Å²) in [5.41, 5.74) is 1.57. The first-order chi connectivity index (χ1) is 20.9. The second-order valence-electron chi connectivity index (χ2n) is 12.8. The van der Waals surface area contributed by atoms with Gasteiger partial charge >= 0.3 is 0 Å². The summed E-state index contributed by atoms with van der Waals surface area (Å²) in [5.74, 6) is -1.32. The van der Waals surface area contributed by atoms with Crippen molar-refractivity contribution >= 4 is 34.7 Å². The van der Waals surface area contributed by atoms with Crippen LogP contribution in [0.4, 0.5) is 0 Å². The number of ketones is 2. The number of aromatic nitrogens is 2. The lowest BCUT2D eigenvalue weighted by Crippen LogP contribution is -2.50. The summed E-state index contributed by atoms with van der Waals surface area (Å²) in [6.07, 6.45) is 0.947. The number of carbonyl (C=O) groups is 4. The van der Waals surface area contributed by atoms with Crippen molar-refractivity contribution in [3.05, 3.63) is 34.1 Å². The molecule has 12 nitrogen and oxygen atoms in total. The molecule has 13 heteroatoms. The van der Waals surface area contributed by atoms with Gasteiger partial charge in [-0.1, -0.05) is 32.9 Å². The fraction of sp³-hybridized carbons (Fsp3) is 0.677. The van der Waals surface area contributed by atoms with Crippen molar-refractivity contribution in [2.24, 2.45) is 17.8 Å². The third-order valence-electron chi connectivity index (χ3n) is 7.87. The molecule has 0 spiro atoms. The highest BCUT2D eigenvalue weighted by Gasteiger charge is 2.50. The number of ether oxygens (including phenoxy) is 2. The van der Waals surface area contributed by atoms with Gasteiger partial charge in [0.05, 0.1) is 55.6 Å². The number of rotatable bonds is 17. The molecule has 2 N–H and O–H groups in total. The minimum Gasteiger partial charge on any atom is -0.379 e. The summed E-state index contributed by atoms with van der Waals surface area (Å²) >= 11 is 1.40. The molecule has 4 rings (SSSR count). The fourth-order valence-corrected chi connectivity index (χ4v) is 5.86. The Bertz CT molecular complexity index is 1270. The molecule has 0 aromatic carbocycles. The quantitative estimate of drug-likeness (QED) is 0.249. The summed E-state index contributed by atoms with van der Waals surface area (Å²) < 4.78 is 16.2. The second-order valence-corrected chi connectivity index (χ2v) is 13.6. The van der Waals surface area contributed by atoms with Crippen LogP contribution < -0.4 is 10.6 Å². The number of hydrogen-bond donors (Lipinski definition) is 2. The lowest BCUT2D eigenvalue weighted by molar-refractivity contribution is -0.134. The molecule has 4 heterocycles. The number of morpholine rings is 1. The Labute approximate surface area is 262 Å². The van der Waals surface area contributed by atoms with Crippen molar-refractivity contribution in [3.8, 4) is 0 Å². The Kier molecular flexibility index (Phi) is 11.8. The monoisotopic (exact) mass is 631 g/mol. The minimum absolute atomic E-state index is 0.0941. The first-order valence-corrected chi connectivity index (χ1v) is 16.3. The number of thiazole rings is 1. The van der Waals surface area contributed by atoms with Crippen LogP contribution >= 0.6 is 11.3 Å². The van der Waals surface area contributed by atoms with Crippen LogP contribution in [0, 0.1) is 17.8 Å². The zero-order valence-electron chi connectivity index (χ0n) is 26.3. The SMILES string of the molecule is CC(C)C[C@H](NC(=O)c1cc(CN2CCOCC2)on1)C(=O)CC(Cc1cscn1)C(=O)N[C@@H](CC(C)C)C(=O)[C@@]1(C)CO1. The minimum atomic E-state index is -0.886. The van der Waals surface area contributed by atoms with Gasteiger partial charge in [-0.25, -0.2) is 4.98 Å². The van der Waals surface area contributed by atoms with Crippen LogP contribution in [0.25, 0.3) is 0 Å². The predicted octanol–water partition coefficient (Wildman–Crippen LogP) is 2.81. The maximum atomic E-state index is 13.8. The molecule has 1 unspecified atom stereocenters. The molecule has 0 radical (unpaired) electrons. The Hall–Kier alpha value is -3.00. The van der Waals surface area contributed by atoms with E-state index in [4.69, 9.17) is 14.0 Å². The Morgan fingerprint density at radius 3 is 2.34 bits per heavy atom. The Morgan fingerprint density at radius 2 is 1.73 bits per heavy atom. The Morgan fingerprint density at radius 1 is 1.05 bits per heavy atom. The van der Waals surface area contributed by atoms with Gasteiger partial charge < -0.3 is 24.6 Å². The molecule has 2 aliphatic heterocycles. The van der Waals surface area contributed by atoms with Crippen LogP contribution in [0.5, 0.6) is 0 Å². The maximum absolute atomic E-state index is 13.8. The smallest absolute Gasteiger partial charge is 0.274 e. The predicted molar refractivity (Wildman–Crippen MR) is 163 cm³/mol. The van der Waals surface area contributed by atoms with Crippen LogP contribution in [0.3, 0.4) is 0 Å². The van der Waals surface area contributed by atoms with E-state index in [2.05, 4.69) is 25.7 Å². The van der Waals surface area contributed by atoms with E-state index < -0.39 is 35.4 Å². The first kappa shape index (κ1) is 33.9. The molecule has 0 aliphatic carbocycles. The molecule has 0 bridgehead atoms. The van der Waals surface area contributed by atoms with Crippen molar-refractivity contribution in [1.29, 1.82) is 0 Å². The molecule has 44 heavy (non-hydrogen) atoms. The van der Waals surface area contributed by atoms with Gasteiger partial charge in [-0.3, -0.25) is 24.1 Å². The number of nitrogens with zero attached hydrogens (tertiary/aromatic N) is 3. The van der Waals surface area contributed by atoms with E-state index in [0.29, 0.717) is 50.7 Å². The number of Topliss-reactive ketones (excluding diaryl/α,β-unsaturated/α-hetero) is 2. The zero-order chi connectivity index (χ0) is 31.9. The van der Waals surface area contributed by atoms with E-state index in [-0.39, 0.29) is 41.9 Å². The number of nitrogens with one attached hydrogen (secondary N) is 2. The number of amides is 2. The summed E-state index contributed by atoms with van der Waals surface area (Å²) in [6.45, 7) is 13.3. The topological polar surface area (TPSA) is 156 Å². The van der Waals surface area contributed by atoms with Gasteiger partial charge in [0.1, 0.15) is 5.60 Å². The van der Waals surface area contributed by atoms with Crippen LogP contribution in [-0.2, 0) is 36.8 Å². The van der Waals surface area contributed by atoms with Crippen molar-refractivity contribution in [2.45, 2.75) is 84.5 Å². The van der Waals surface area contributed by atoms with Crippen LogP contribution in [0.15, 0.2) is 21.5 Å². The summed E-state index contributed by atoms with van der Waals surface area (Å²) in [5, 5.41) is 11.5. The molecule has 2 aliphatic rings. The number of epoxide rings is 1. The van der Waals surface area contributed by atoms with Crippen LogP contribution in [0.2, 0.25) is 0 Å². The number of hydrogen-bond acceptors (Lipinski definition) is 11. The van der Waals surface area contributed by atoms with Gasteiger partial charge in [0.15, 0.2) is 23.0 Å². The van der Waals surface area contributed by atoms with Crippen molar-refractivity contribution in [2.75, 3.05) is 32.9 Å². The first-order valence-electron chi connectivity index (χ1n) is 15.4. The molecule has 242 valence electrons. The van der Waals surface area contributed by atoms with Crippen LogP contribution in [-0.4, -0.2) is 89.0 Å². The lowest BCUT2D eigenvalue weighted by Gasteiger charge is -2.25. The van der Waals surface area contributed by atoms with Gasteiger partial charge in [0.25, 0.3) is 5.91 Å². The standard InChI is InChI=1S/C31H45N5O7S/c1-19(2)10-24(33-30(40)26-14-23(43-35-26)15-36-6-8-41-9-7-36)27(37)13-21(12-22-16-44-18-32-22)29(39)34-25(11-20(3)4)28(38)31(5)17-42-31/h14,16,18-21,24-25H,6-13,15,17H2,1-5H3,(H,33,40)(H,34,39)/t21?,24-,25-,31+/m0/s1. The van der Waals surface area contributed by atoms with E-state index >= 15 is 0 Å². The largest absolute Gasteiger partial charge is 0.379 e. The van der Waals surface area contributed by atoms with E-state index in [1.165, 1.54) is 11.3 Å². The third-order valence-corrected chi connectivity index (χ3v) is 8.51. The molecule has 2 aromatic heterocycles. The van der Waals surface area contributed by atoms with E-state index in [0.717, 1.165) is 13.1 Å². The van der Waals surface area contributed by atoms with Gasteiger partial charge in [-0.05, 0) is 31.6 Å². The average Bonchev–Trinajstić information content (AvgIpc) is 3.32. The van der Waals surface area contributed by atoms with Gasteiger partial charge in [0.2, 0.25) is 5.91 Å². The zero-order valence-corrected chi connectivity index (χ0v) is 27.1. The summed E-state index contributed by atoms with van der Waals surface area (Å²) in [4.78, 5) is 60.3. The summed E-state index contributed by atoms with van der Waals surface area (Å²) in [7, 11) is 0. The molecule has 0 saturated carbocycles. The van der Waals surface area contributed by atoms with Crippen molar-refractivity contribution in [3.63, 3.8) is 0 Å². The highest BCUT2D eigenvalue weighted by Crippen LogP contribution is 2.30.